The van der Waals surface area contributed by atoms with E-state index in [1.165, 1.54) is 19.3 Å². The van der Waals surface area contributed by atoms with Gasteiger partial charge in [-0.25, -0.2) is 0 Å². The van der Waals surface area contributed by atoms with E-state index < -0.39 is 0 Å². The normalized spacial score (nSPS) is 26.6. The Labute approximate surface area is 161 Å². The average Bonchev–Trinajstić information content (AvgIpc) is 3.15. The Hall–Kier alpha value is -2.04. The summed E-state index contributed by atoms with van der Waals surface area (Å²) in [5, 5.41) is 0. The number of nitrogens with zero attached hydrogens (tertiary/aromatic N) is 2. The molecule has 2 amide bonds. The fourth-order valence-electron chi connectivity index (χ4n) is 5.06. The number of rotatable bonds is 4. The molecule has 1 atom stereocenters. The van der Waals surface area contributed by atoms with Gasteiger partial charge in [-0.1, -0.05) is 37.5 Å². The SMILES string of the molecule is O=C(COc1ccccc1)N1CCC2(CCCN(C3CCCCC3)C2=O)C1. The van der Waals surface area contributed by atoms with E-state index in [1.807, 2.05) is 35.2 Å². The molecule has 1 spiro atoms. The summed E-state index contributed by atoms with van der Waals surface area (Å²) in [5.41, 5.74) is -0.349. The highest BCUT2D eigenvalue weighted by molar-refractivity contribution is 5.86. The number of hydrogen-bond donors (Lipinski definition) is 0. The van der Waals surface area contributed by atoms with Gasteiger partial charge in [0.1, 0.15) is 5.75 Å². The first kappa shape index (κ1) is 18.3. The quantitative estimate of drug-likeness (QED) is 0.818. The van der Waals surface area contributed by atoms with Crippen LogP contribution in [-0.2, 0) is 9.59 Å². The number of para-hydroxylation sites is 1. The van der Waals surface area contributed by atoms with E-state index in [1.54, 1.807) is 0 Å². The van der Waals surface area contributed by atoms with Gasteiger partial charge in [0, 0.05) is 25.7 Å². The Bertz CT molecular complexity index is 671. The molecule has 2 saturated heterocycles. The Morgan fingerprint density at radius 3 is 2.59 bits per heavy atom. The van der Waals surface area contributed by atoms with Gasteiger partial charge in [0.05, 0.1) is 5.41 Å². The molecule has 27 heavy (non-hydrogen) atoms. The highest BCUT2D eigenvalue weighted by Gasteiger charge is 2.50. The zero-order valence-corrected chi connectivity index (χ0v) is 16.1. The highest BCUT2D eigenvalue weighted by atomic mass is 16.5. The summed E-state index contributed by atoms with van der Waals surface area (Å²) >= 11 is 0. The van der Waals surface area contributed by atoms with E-state index in [-0.39, 0.29) is 17.9 Å². The summed E-state index contributed by atoms with van der Waals surface area (Å²) in [6.45, 7) is 2.17. The summed E-state index contributed by atoms with van der Waals surface area (Å²) < 4.78 is 5.61. The molecule has 0 aromatic heterocycles. The second-order valence-electron chi connectivity index (χ2n) is 8.34. The highest BCUT2D eigenvalue weighted by Crippen LogP contribution is 2.42. The maximum absolute atomic E-state index is 13.4. The van der Waals surface area contributed by atoms with Gasteiger partial charge in [-0.3, -0.25) is 9.59 Å². The minimum Gasteiger partial charge on any atom is -0.484 e. The molecule has 5 heteroatoms. The minimum atomic E-state index is -0.349. The van der Waals surface area contributed by atoms with Gasteiger partial charge in [0.15, 0.2) is 6.61 Å². The first-order valence-corrected chi connectivity index (χ1v) is 10.4. The van der Waals surface area contributed by atoms with Gasteiger partial charge in [0.2, 0.25) is 5.91 Å². The number of benzene rings is 1. The van der Waals surface area contributed by atoms with Crippen LogP contribution in [0.1, 0.15) is 51.4 Å². The smallest absolute Gasteiger partial charge is 0.260 e. The lowest BCUT2D eigenvalue weighted by atomic mass is 9.77. The van der Waals surface area contributed by atoms with Crippen LogP contribution < -0.4 is 4.74 Å². The van der Waals surface area contributed by atoms with Gasteiger partial charge in [-0.15, -0.1) is 0 Å². The predicted octanol–water partition coefficient (Wildman–Crippen LogP) is 3.24. The Morgan fingerprint density at radius 1 is 1.04 bits per heavy atom. The Kier molecular flexibility index (Phi) is 5.37. The van der Waals surface area contributed by atoms with Crippen molar-refractivity contribution in [3.8, 4) is 5.75 Å². The van der Waals surface area contributed by atoms with Crippen LogP contribution in [0.5, 0.6) is 5.75 Å². The van der Waals surface area contributed by atoms with Gasteiger partial charge in [-0.05, 0) is 44.2 Å². The van der Waals surface area contributed by atoms with Crippen molar-refractivity contribution in [1.29, 1.82) is 0 Å². The maximum Gasteiger partial charge on any atom is 0.260 e. The largest absolute Gasteiger partial charge is 0.484 e. The predicted molar refractivity (Wildman–Crippen MR) is 103 cm³/mol. The summed E-state index contributed by atoms with van der Waals surface area (Å²) in [5.74, 6) is 0.996. The molecule has 0 N–H and O–H groups in total. The van der Waals surface area contributed by atoms with Crippen molar-refractivity contribution in [3.63, 3.8) is 0 Å². The second-order valence-corrected chi connectivity index (χ2v) is 8.34. The van der Waals surface area contributed by atoms with Crippen molar-refractivity contribution < 1.29 is 14.3 Å². The van der Waals surface area contributed by atoms with E-state index in [9.17, 15) is 9.59 Å². The van der Waals surface area contributed by atoms with Gasteiger partial charge in [0.25, 0.3) is 5.91 Å². The average molecular weight is 370 g/mol. The lowest BCUT2D eigenvalue weighted by Gasteiger charge is -2.44. The zero-order valence-electron chi connectivity index (χ0n) is 16.1. The van der Waals surface area contributed by atoms with Crippen LogP contribution in [0.15, 0.2) is 30.3 Å². The maximum atomic E-state index is 13.4. The number of amides is 2. The third-order valence-corrected chi connectivity index (χ3v) is 6.60. The van der Waals surface area contributed by atoms with Crippen LogP contribution in [0.2, 0.25) is 0 Å². The molecule has 5 nitrogen and oxygen atoms in total. The van der Waals surface area contributed by atoms with Crippen LogP contribution in [-0.4, -0.2) is 53.9 Å². The van der Waals surface area contributed by atoms with Crippen LogP contribution in [0.4, 0.5) is 0 Å². The first-order chi connectivity index (χ1) is 13.2. The summed E-state index contributed by atoms with van der Waals surface area (Å²) in [6, 6.07) is 9.84. The monoisotopic (exact) mass is 370 g/mol. The van der Waals surface area contributed by atoms with Crippen molar-refractivity contribution in [2.24, 2.45) is 5.41 Å². The molecule has 2 aliphatic heterocycles. The van der Waals surface area contributed by atoms with E-state index in [0.717, 1.165) is 38.6 Å². The third-order valence-electron chi connectivity index (χ3n) is 6.60. The van der Waals surface area contributed by atoms with Crippen molar-refractivity contribution in [2.45, 2.75) is 57.4 Å². The molecular formula is C22H30N2O3. The van der Waals surface area contributed by atoms with E-state index in [2.05, 4.69) is 4.90 Å². The Morgan fingerprint density at radius 2 is 1.81 bits per heavy atom. The number of hydrogen-bond acceptors (Lipinski definition) is 3. The standard InChI is InChI=1S/C22H30N2O3/c25-20(16-27-19-10-5-2-6-11-19)23-15-13-22(17-23)12-7-14-24(21(22)26)18-8-3-1-4-9-18/h2,5-6,10-11,18H,1,3-4,7-9,12-17H2. The number of likely N-dealkylation sites (tertiary alicyclic amines) is 2. The molecule has 1 unspecified atom stereocenters. The molecule has 1 aliphatic carbocycles. The van der Waals surface area contributed by atoms with Crippen LogP contribution in [0.25, 0.3) is 0 Å². The van der Waals surface area contributed by atoms with Crippen molar-refractivity contribution >= 4 is 11.8 Å². The number of ether oxygens (including phenoxy) is 1. The number of piperidine rings is 1. The van der Waals surface area contributed by atoms with Crippen molar-refractivity contribution in [1.82, 2.24) is 9.80 Å². The molecule has 146 valence electrons. The van der Waals surface area contributed by atoms with Crippen LogP contribution >= 0.6 is 0 Å². The van der Waals surface area contributed by atoms with E-state index in [0.29, 0.717) is 30.8 Å². The second kappa shape index (κ2) is 7.91. The van der Waals surface area contributed by atoms with E-state index in [4.69, 9.17) is 4.74 Å². The van der Waals surface area contributed by atoms with Crippen molar-refractivity contribution in [3.05, 3.63) is 30.3 Å². The molecule has 1 aromatic carbocycles. The summed E-state index contributed by atoms with van der Waals surface area (Å²) in [4.78, 5) is 30.0. The van der Waals surface area contributed by atoms with Gasteiger partial charge in [-0.2, -0.15) is 0 Å². The van der Waals surface area contributed by atoms with Crippen LogP contribution in [0, 0.1) is 5.41 Å². The third kappa shape index (κ3) is 3.83. The first-order valence-electron chi connectivity index (χ1n) is 10.4. The number of carbonyl (C=O) groups is 2. The Balaban J connectivity index is 1.36. The molecule has 0 bridgehead atoms. The lowest BCUT2D eigenvalue weighted by molar-refractivity contribution is -0.149. The molecule has 1 saturated carbocycles. The fraction of sp³-hybridized carbons (Fsp3) is 0.636. The minimum absolute atomic E-state index is 0.0154. The fourth-order valence-corrected chi connectivity index (χ4v) is 5.06. The van der Waals surface area contributed by atoms with Gasteiger partial charge < -0.3 is 14.5 Å². The zero-order chi connectivity index (χ0) is 18.7. The molecule has 3 fully saturated rings. The summed E-state index contributed by atoms with van der Waals surface area (Å²) in [6.07, 6.45) is 8.85. The molecule has 2 heterocycles. The van der Waals surface area contributed by atoms with E-state index >= 15 is 0 Å². The molecule has 0 radical (unpaired) electrons. The van der Waals surface area contributed by atoms with Crippen LogP contribution in [0.3, 0.4) is 0 Å². The molecular weight excluding hydrogens is 340 g/mol. The van der Waals surface area contributed by atoms with Crippen molar-refractivity contribution in [2.75, 3.05) is 26.2 Å². The lowest BCUT2D eigenvalue weighted by Crippen LogP contribution is -2.54. The molecule has 3 aliphatic rings. The molecule has 1 aromatic rings. The van der Waals surface area contributed by atoms with Gasteiger partial charge >= 0.3 is 0 Å². The topological polar surface area (TPSA) is 49.9 Å². The molecule has 4 rings (SSSR count). The summed E-state index contributed by atoms with van der Waals surface area (Å²) in [7, 11) is 0. The number of carbonyl (C=O) groups excluding carboxylic acids is 2.